The fourth-order valence-corrected chi connectivity index (χ4v) is 1.87. The van der Waals surface area contributed by atoms with Crippen LogP contribution in [0.4, 0.5) is 10.1 Å². The Bertz CT molecular complexity index is 359. The molecule has 15 heavy (non-hydrogen) atoms. The van der Waals surface area contributed by atoms with Gasteiger partial charge in [0, 0.05) is 23.8 Å². The number of halogens is 1. The minimum atomic E-state index is -0.608. The fourth-order valence-electron chi connectivity index (χ4n) is 0.980. The molecule has 0 bridgehead atoms. The fraction of sp³-hybridized carbons (Fsp3) is 0.333. The van der Waals surface area contributed by atoms with E-state index in [0.29, 0.717) is 17.3 Å². The highest BCUT2D eigenvalue weighted by molar-refractivity contribution is 7.99. The average Bonchev–Trinajstić information content (AvgIpc) is 2.17. The highest BCUT2D eigenvalue weighted by Crippen LogP contribution is 2.24. The van der Waals surface area contributed by atoms with E-state index >= 15 is 0 Å². The quantitative estimate of drug-likeness (QED) is 0.338. The highest BCUT2D eigenvalue weighted by atomic mass is 32.2. The Morgan fingerprint density at radius 3 is 2.87 bits per heavy atom. The van der Waals surface area contributed by atoms with Crippen molar-refractivity contribution >= 4 is 17.4 Å². The number of hydrogen-bond donors (Lipinski definition) is 0. The molecular formula is C9H10FNO3S. The van der Waals surface area contributed by atoms with E-state index in [4.69, 9.17) is 4.74 Å². The lowest BCUT2D eigenvalue weighted by molar-refractivity contribution is -0.385. The van der Waals surface area contributed by atoms with Crippen molar-refractivity contribution in [2.75, 3.05) is 19.5 Å². The van der Waals surface area contributed by atoms with Crippen molar-refractivity contribution in [1.29, 1.82) is 0 Å². The van der Waals surface area contributed by atoms with Crippen molar-refractivity contribution in [3.8, 4) is 0 Å². The molecule has 0 unspecified atom stereocenters. The number of nitro benzene ring substituents is 1. The van der Waals surface area contributed by atoms with Gasteiger partial charge in [-0.3, -0.25) is 10.1 Å². The maximum absolute atomic E-state index is 12.9. The number of hydrogen-bond acceptors (Lipinski definition) is 4. The van der Waals surface area contributed by atoms with Gasteiger partial charge in [0.1, 0.15) is 5.82 Å². The molecule has 0 aliphatic carbocycles. The summed E-state index contributed by atoms with van der Waals surface area (Å²) in [5, 5.41) is 10.4. The molecule has 0 fully saturated rings. The van der Waals surface area contributed by atoms with Crippen molar-refractivity contribution in [3.63, 3.8) is 0 Å². The van der Waals surface area contributed by atoms with Gasteiger partial charge in [0.05, 0.1) is 17.6 Å². The number of nitrogens with zero attached hydrogens (tertiary/aromatic N) is 1. The summed E-state index contributed by atoms with van der Waals surface area (Å²) in [6.07, 6.45) is 0. The summed E-state index contributed by atoms with van der Waals surface area (Å²) in [5.41, 5.74) is -0.227. The zero-order valence-electron chi connectivity index (χ0n) is 8.10. The summed E-state index contributed by atoms with van der Waals surface area (Å²) in [6.45, 7) is 0.523. The van der Waals surface area contributed by atoms with E-state index < -0.39 is 10.7 Å². The third-order valence-corrected chi connectivity index (χ3v) is 2.56. The van der Waals surface area contributed by atoms with Crippen molar-refractivity contribution in [3.05, 3.63) is 34.1 Å². The van der Waals surface area contributed by atoms with Crippen LogP contribution in [-0.2, 0) is 4.74 Å². The number of methoxy groups -OCH3 is 1. The lowest BCUT2D eigenvalue weighted by atomic mass is 10.3. The number of ether oxygens (including phenoxy) is 1. The molecular weight excluding hydrogens is 221 g/mol. The molecule has 0 N–H and O–H groups in total. The monoisotopic (exact) mass is 231 g/mol. The SMILES string of the molecule is COCCSc1cc(F)cc([N+](=O)[O-])c1. The Kier molecular flexibility index (Phi) is 4.51. The molecule has 0 aliphatic heterocycles. The summed E-state index contributed by atoms with van der Waals surface area (Å²) in [4.78, 5) is 10.4. The second kappa shape index (κ2) is 5.67. The molecule has 1 aromatic rings. The van der Waals surface area contributed by atoms with Crippen LogP contribution in [0.1, 0.15) is 0 Å². The van der Waals surface area contributed by atoms with Gasteiger partial charge in [-0.2, -0.15) is 0 Å². The number of nitro groups is 1. The maximum atomic E-state index is 12.9. The van der Waals surface area contributed by atoms with E-state index in [2.05, 4.69) is 0 Å². The second-order valence-corrected chi connectivity index (χ2v) is 3.91. The number of benzene rings is 1. The molecule has 82 valence electrons. The van der Waals surface area contributed by atoms with Crippen LogP contribution in [0.5, 0.6) is 0 Å². The minimum absolute atomic E-state index is 0.227. The maximum Gasteiger partial charge on any atom is 0.273 e. The van der Waals surface area contributed by atoms with Gasteiger partial charge in [0.15, 0.2) is 0 Å². The Labute approximate surface area is 90.6 Å². The van der Waals surface area contributed by atoms with E-state index in [1.165, 1.54) is 23.9 Å². The van der Waals surface area contributed by atoms with E-state index in [9.17, 15) is 14.5 Å². The third kappa shape index (κ3) is 3.85. The molecule has 0 radical (unpaired) electrons. The van der Waals surface area contributed by atoms with Crippen molar-refractivity contribution in [1.82, 2.24) is 0 Å². The van der Waals surface area contributed by atoms with E-state index in [1.54, 1.807) is 7.11 Å². The first kappa shape index (κ1) is 11.9. The largest absolute Gasteiger partial charge is 0.384 e. The molecule has 0 atom stereocenters. The number of rotatable bonds is 5. The molecule has 4 nitrogen and oxygen atoms in total. The van der Waals surface area contributed by atoms with Crippen LogP contribution in [0.15, 0.2) is 23.1 Å². The van der Waals surface area contributed by atoms with Gasteiger partial charge in [-0.25, -0.2) is 4.39 Å². The summed E-state index contributed by atoms with van der Waals surface area (Å²) < 4.78 is 17.8. The first-order valence-electron chi connectivity index (χ1n) is 4.20. The van der Waals surface area contributed by atoms with E-state index in [1.807, 2.05) is 0 Å². The topological polar surface area (TPSA) is 52.4 Å². The van der Waals surface area contributed by atoms with Crippen LogP contribution in [0.2, 0.25) is 0 Å². The predicted octanol–water partition coefficient (Wildman–Crippen LogP) is 2.47. The van der Waals surface area contributed by atoms with Crippen LogP contribution < -0.4 is 0 Å². The summed E-state index contributed by atoms with van der Waals surface area (Å²) in [7, 11) is 1.56. The van der Waals surface area contributed by atoms with Gasteiger partial charge >= 0.3 is 0 Å². The molecule has 1 rings (SSSR count). The van der Waals surface area contributed by atoms with Gasteiger partial charge < -0.3 is 4.74 Å². The van der Waals surface area contributed by atoms with E-state index in [-0.39, 0.29) is 5.69 Å². The van der Waals surface area contributed by atoms with Gasteiger partial charge in [-0.15, -0.1) is 11.8 Å². The van der Waals surface area contributed by atoms with Crippen LogP contribution in [0.25, 0.3) is 0 Å². The molecule has 0 aliphatic rings. The lowest BCUT2D eigenvalue weighted by Gasteiger charge is -2.01. The Morgan fingerprint density at radius 1 is 1.53 bits per heavy atom. The molecule has 0 heterocycles. The molecule has 6 heteroatoms. The lowest BCUT2D eigenvalue weighted by Crippen LogP contribution is -1.93. The Hall–Kier alpha value is -1.14. The molecule has 0 saturated heterocycles. The summed E-state index contributed by atoms with van der Waals surface area (Å²) >= 11 is 1.32. The van der Waals surface area contributed by atoms with Crippen LogP contribution in [0.3, 0.4) is 0 Å². The number of non-ortho nitro benzene ring substituents is 1. The van der Waals surface area contributed by atoms with E-state index in [0.717, 1.165) is 6.07 Å². The van der Waals surface area contributed by atoms with Crippen molar-refractivity contribution in [2.45, 2.75) is 4.90 Å². The minimum Gasteiger partial charge on any atom is -0.384 e. The highest BCUT2D eigenvalue weighted by Gasteiger charge is 2.09. The first-order valence-corrected chi connectivity index (χ1v) is 5.19. The standard InChI is InChI=1S/C9H10FNO3S/c1-14-2-3-15-9-5-7(10)4-8(6-9)11(12)13/h4-6H,2-3H2,1H3. The molecule has 0 spiro atoms. The summed E-state index contributed by atoms with van der Waals surface area (Å²) in [5.74, 6) is 0.0426. The zero-order chi connectivity index (χ0) is 11.3. The van der Waals surface area contributed by atoms with Crippen molar-refractivity contribution in [2.24, 2.45) is 0 Å². The average molecular weight is 231 g/mol. The third-order valence-electron chi connectivity index (χ3n) is 1.62. The van der Waals surface area contributed by atoms with Gasteiger partial charge in [0.25, 0.3) is 5.69 Å². The smallest absolute Gasteiger partial charge is 0.273 e. The Balaban J connectivity index is 2.75. The van der Waals surface area contributed by atoms with Crippen LogP contribution in [0, 0.1) is 15.9 Å². The number of thioether (sulfide) groups is 1. The van der Waals surface area contributed by atoms with Crippen LogP contribution in [-0.4, -0.2) is 24.4 Å². The summed E-state index contributed by atoms with van der Waals surface area (Å²) in [6, 6.07) is 3.52. The normalized spacial score (nSPS) is 10.3. The Morgan fingerprint density at radius 2 is 2.27 bits per heavy atom. The second-order valence-electron chi connectivity index (χ2n) is 2.74. The molecule has 0 saturated carbocycles. The van der Waals surface area contributed by atoms with Crippen molar-refractivity contribution < 1.29 is 14.1 Å². The zero-order valence-corrected chi connectivity index (χ0v) is 8.92. The first-order chi connectivity index (χ1) is 7.13. The molecule has 0 aromatic heterocycles. The van der Waals surface area contributed by atoms with Crippen LogP contribution >= 0.6 is 11.8 Å². The predicted molar refractivity (Wildman–Crippen MR) is 55.7 cm³/mol. The molecule has 1 aromatic carbocycles. The van der Waals surface area contributed by atoms with Gasteiger partial charge in [0.2, 0.25) is 0 Å². The van der Waals surface area contributed by atoms with Gasteiger partial charge in [-0.05, 0) is 6.07 Å². The molecule has 0 amide bonds. The van der Waals surface area contributed by atoms with Gasteiger partial charge in [-0.1, -0.05) is 0 Å².